The smallest absolute Gasteiger partial charge is 0.0345 e. The molecule has 0 aromatic heterocycles. The molecule has 3 nitrogen and oxygen atoms in total. The first kappa shape index (κ1) is 10.4. The SMILES string of the molecule is CCN(N)/C=C(\N)C1CCCCC1. The van der Waals surface area contributed by atoms with Gasteiger partial charge in [-0.05, 0) is 25.7 Å². The summed E-state index contributed by atoms with van der Waals surface area (Å²) in [5, 5.41) is 1.66. The first-order valence-electron chi connectivity index (χ1n) is 5.22. The predicted molar refractivity (Wildman–Crippen MR) is 55.4 cm³/mol. The van der Waals surface area contributed by atoms with Crippen LogP contribution >= 0.6 is 0 Å². The fourth-order valence-electron chi connectivity index (χ4n) is 1.82. The van der Waals surface area contributed by atoms with Crippen LogP contribution in [0.4, 0.5) is 0 Å². The number of nitrogens with zero attached hydrogens (tertiary/aromatic N) is 1. The van der Waals surface area contributed by atoms with Crippen LogP contribution in [0.25, 0.3) is 0 Å². The highest BCUT2D eigenvalue weighted by Gasteiger charge is 2.15. The highest BCUT2D eigenvalue weighted by Crippen LogP contribution is 2.27. The summed E-state index contributed by atoms with van der Waals surface area (Å²) in [6.07, 6.45) is 8.35. The Balaban J connectivity index is 2.44. The summed E-state index contributed by atoms with van der Waals surface area (Å²) in [6, 6.07) is 0. The molecule has 0 aromatic carbocycles. The van der Waals surface area contributed by atoms with Crippen LogP contribution < -0.4 is 11.6 Å². The maximum Gasteiger partial charge on any atom is 0.0345 e. The predicted octanol–water partition coefficient (Wildman–Crippen LogP) is 1.56. The maximum absolute atomic E-state index is 5.96. The van der Waals surface area contributed by atoms with Crippen LogP contribution in [0.2, 0.25) is 0 Å². The minimum Gasteiger partial charge on any atom is -0.401 e. The van der Waals surface area contributed by atoms with Crippen LogP contribution in [0.15, 0.2) is 11.9 Å². The van der Waals surface area contributed by atoms with Crippen LogP contribution in [0.5, 0.6) is 0 Å². The number of hydrazine groups is 1. The van der Waals surface area contributed by atoms with Crippen molar-refractivity contribution >= 4 is 0 Å². The molecule has 76 valence electrons. The van der Waals surface area contributed by atoms with Crippen molar-refractivity contribution in [3.63, 3.8) is 0 Å². The average molecular weight is 183 g/mol. The molecule has 1 fully saturated rings. The van der Waals surface area contributed by atoms with E-state index in [1.165, 1.54) is 32.1 Å². The lowest BCUT2D eigenvalue weighted by molar-refractivity contribution is 0.372. The Labute approximate surface area is 80.7 Å². The monoisotopic (exact) mass is 183 g/mol. The third kappa shape index (κ3) is 3.27. The first-order chi connectivity index (χ1) is 6.24. The molecule has 0 radical (unpaired) electrons. The highest BCUT2D eigenvalue weighted by atomic mass is 15.4. The van der Waals surface area contributed by atoms with Gasteiger partial charge < -0.3 is 10.7 Å². The van der Waals surface area contributed by atoms with Crippen LogP contribution in [-0.2, 0) is 0 Å². The van der Waals surface area contributed by atoms with Crippen molar-refractivity contribution in [2.75, 3.05) is 6.54 Å². The lowest BCUT2D eigenvalue weighted by Gasteiger charge is -2.23. The Bertz CT molecular complexity index is 171. The van der Waals surface area contributed by atoms with Gasteiger partial charge in [0, 0.05) is 18.4 Å². The summed E-state index contributed by atoms with van der Waals surface area (Å²) < 4.78 is 0. The van der Waals surface area contributed by atoms with Crippen molar-refractivity contribution in [1.29, 1.82) is 0 Å². The number of hydrogen-bond acceptors (Lipinski definition) is 3. The van der Waals surface area contributed by atoms with Crippen molar-refractivity contribution in [3.8, 4) is 0 Å². The summed E-state index contributed by atoms with van der Waals surface area (Å²) in [4.78, 5) is 0. The molecule has 3 heteroatoms. The van der Waals surface area contributed by atoms with Gasteiger partial charge in [-0.3, -0.25) is 0 Å². The second kappa shape index (κ2) is 5.12. The number of hydrogen-bond donors (Lipinski definition) is 2. The molecular formula is C10H21N3. The molecular weight excluding hydrogens is 162 g/mol. The number of nitrogens with two attached hydrogens (primary N) is 2. The van der Waals surface area contributed by atoms with Gasteiger partial charge in [0.2, 0.25) is 0 Å². The van der Waals surface area contributed by atoms with Gasteiger partial charge in [0.1, 0.15) is 0 Å². The lowest BCUT2D eigenvalue weighted by Crippen LogP contribution is -2.28. The molecule has 1 saturated carbocycles. The standard InChI is InChI=1S/C10H21N3/c1-2-13(12)8-10(11)9-6-4-3-5-7-9/h8-9H,2-7,11-12H2,1H3/b10-8-. The van der Waals surface area contributed by atoms with Crippen LogP contribution in [0, 0.1) is 5.92 Å². The van der Waals surface area contributed by atoms with Crippen molar-refractivity contribution in [2.24, 2.45) is 17.5 Å². The van der Waals surface area contributed by atoms with E-state index in [9.17, 15) is 0 Å². The second-order valence-electron chi connectivity index (χ2n) is 3.79. The van der Waals surface area contributed by atoms with E-state index in [1.807, 2.05) is 13.1 Å². The molecule has 0 aromatic rings. The van der Waals surface area contributed by atoms with E-state index in [0.717, 1.165) is 12.2 Å². The molecule has 13 heavy (non-hydrogen) atoms. The summed E-state index contributed by atoms with van der Waals surface area (Å²) in [7, 11) is 0. The summed E-state index contributed by atoms with van der Waals surface area (Å²) in [6.45, 7) is 2.83. The molecule has 0 unspecified atom stereocenters. The van der Waals surface area contributed by atoms with Crippen LogP contribution in [0.1, 0.15) is 39.0 Å². The summed E-state index contributed by atoms with van der Waals surface area (Å²) >= 11 is 0. The fourth-order valence-corrected chi connectivity index (χ4v) is 1.82. The first-order valence-corrected chi connectivity index (χ1v) is 5.22. The summed E-state index contributed by atoms with van der Waals surface area (Å²) in [5.41, 5.74) is 6.93. The van der Waals surface area contributed by atoms with Gasteiger partial charge in [-0.1, -0.05) is 19.3 Å². The van der Waals surface area contributed by atoms with Gasteiger partial charge in [0.25, 0.3) is 0 Å². The molecule has 0 saturated heterocycles. The number of allylic oxidation sites excluding steroid dienone is 1. The van der Waals surface area contributed by atoms with Crippen LogP contribution in [-0.4, -0.2) is 11.6 Å². The third-order valence-electron chi connectivity index (χ3n) is 2.76. The average Bonchev–Trinajstić information content (AvgIpc) is 2.19. The molecule has 0 bridgehead atoms. The van der Waals surface area contributed by atoms with E-state index in [4.69, 9.17) is 11.6 Å². The van der Waals surface area contributed by atoms with E-state index in [2.05, 4.69) is 0 Å². The van der Waals surface area contributed by atoms with E-state index in [-0.39, 0.29) is 0 Å². The largest absolute Gasteiger partial charge is 0.401 e. The number of rotatable bonds is 3. The molecule has 1 aliphatic rings. The zero-order valence-corrected chi connectivity index (χ0v) is 8.50. The molecule has 0 spiro atoms. The minimum absolute atomic E-state index is 0.575. The maximum atomic E-state index is 5.96. The van der Waals surface area contributed by atoms with E-state index in [0.29, 0.717) is 5.92 Å². The minimum atomic E-state index is 0.575. The Hall–Kier alpha value is -0.700. The third-order valence-corrected chi connectivity index (χ3v) is 2.76. The van der Waals surface area contributed by atoms with Gasteiger partial charge in [-0.25, -0.2) is 5.84 Å². The van der Waals surface area contributed by atoms with Crippen molar-refractivity contribution in [1.82, 2.24) is 5.01 Å². The van der Waals surface area contributed by atoms with E-state index >= 15 is 0 Å². The topological polar surface area (TPSA) is 55.3 Å². The Morgan fingerprint density at radius 1 is 1.38 bits per heavy atom. The van der Waals surface area contributed by atoms with Crippen molar-refractivity contribution in [2.45, 2.75) is 39.0 Å². The van der Waals surface area contributed by atoms with Gasteiger partial charge in [0.15, 0.2) is 0 Å². The molecule has 4 N–H and O–H groups in total. The fraction of sp³-hybridized carbons (Fsp3) is 0.800. The Kier molecular flexibility index (Phi) is 4.09. The van der Waals surface area contributed by atoms with E-state index < -0.39 is 0 Å². The molecule has 0 atom stereocenters. The van der Waals surface area contributed by atoms with Gasteiger partial charge in [-0.2, -0.15) is 0 Å². The zero-order valence-electron chi connectivity index (χ0n) is 8.50. The van der Waals surface area contributed by atoms with Crippen molar-refractivity contribution < 1.29 is 0 Å². The van der Waals surface area contributed by atoms with E-state index in [1.54, 1.807) is 5.01 Å². The molecule has 0 aliphatic heterocycles. The molecule has 0 amide bonds. The highest BCUT2D eigenvalue weighted by molar-refractivity contribution is 5.01. The van der Waals surface area contributed by atoms with Crippen LogP contribution in [0.3, 0.4) is 0 Å². The molecule has 1 rings (SSSR count). The Morgan fingerprint density at radius 2 is 2.00 bits per heavy atom. The zero-order chi connectivity index (χ0) is 9.68. The molecule has 0 heterocycles. The summed E-state index contributed by atoms with van der Waals surface area (Å²) in [5.74, 6) is 6.23. The van der Waals surface area contributed by atoms with Gasteiger partial charge in [-0.15, -0.1) is 0 Å². The second-order valence-corrected chi connectivity index (χ2v) is 3.79. The van der Waals surface area contributed by atoms with Crippen molar-refractivity contribution in [3.05, 3.63) is 11.9 Å². The quantitative estimate of drug-likeness (QED) is 0.516. The lowest BCUT2D eigenvalue weighted by atomic mass is 9.87. The van der Waals surface area contributed by atoms with Gasteiger partial charge in [0.05, 0.1) is 0 Å². The Morgan fingerprint density at radius 3 is 2.54 bits per heavy atom. The molecule has 1 aliphatic carbocycles. The normalized spacial score (nSPS) is 20.3. The van der Waals surface area contributed by atoms with Gasteiger partial charge >= 0.3 is 0 Å².